The zero-order valence-corrected chi connectivity index (χ0v) is 18.3. The van der Waals surface area contributed by atoms with Gasteiger partial charge >= 0.3 is 5.97 Å². The number of benzene rings is 1. The average molecular weight is 434 g/mol. The van der Waals surface area contributed by atoms with Gasteiger partial charge in [0.2, 0.25) is 0 Å². The van der Waals surface area contributed by atoms with Crippen molar-refractivity contribution in [3.8, 4) is 11.3 Å². The predicted molar refractivity (Wildman–Crippen MR) is 122 cm³/mol. The number of carbonyl (C=O) groups is 1. The van der Waals surface area contributed by atoms with Crippen LogP contribution in [0.5, 0.6) is 0 Å². The molecule has 166 valence electrons. The van der Waals surface area contributed by atoms with Crippen LogP contribution in [0.3, 0.4) is 0 Å². The highest BCUT2D eigenvalue weighted by Gasteiger charge is 2.30. The molecule has 1 saturated carbocycles. The van der Waals surface area contributed by atoms with Gasteiger partial charge in [0.25, 0.3) is 5.69 Å². The Morgan fingerprint density at radius 2 is 1.94 bits per heavy atom. The number of esters is 1. The van der Waals surface area contributed by atoms with E-state index in [2.05, 4.69) is 10.3 Å². The van der Waals surface area contributed by atoms with E-state index >= 15 is 0 Å². The summed E-state index contributed by atoms with van der Waals surface area (Å²) in [6.45, 7) is 3.86. The maximum Gasteiger partial charge on any atom is 0.336 e. The van der Waals surface area contributed by atoms with Crippen LogP contribution in [0.4, 0.5) is 5.69 Å². The summed E-state index contributed by atoms with van der Waals surface area (Å²) in [6.07, 6.45) is 8.96. The van der Waals surface area contributed by atoms with E-state index < -0.39 is 4.92 Å². The molecule has 0 amide bonds. The molecule has 1 aliphatic carbocycles. The lowest BCUT2D eigenvalue weighted by atomic mass is 9.87. The number of carbonyl (C=O) groups excluding carboxylic acids is 1. The highest BCUT2D eigenvalue weighted by Crippen LogP contribution is 2.34. The average Bonchev–Trinajstić information content (AvgIpc) is 2.79. The lowest BCUT2D eigenvalue weighted by Crippen LogP contribution is -2.29. The lowest BCUT2D eigenvalue weighted by molar-refractivity contribution is -0.384. The summed E-state index contributed by atoms with van der Waals surface area (Å²) in [4.78, 5) is 28.3. The number of nitrogens with zero attached hydrogens (tertiary/aromatic N) is 2. The topological polar surface area (TPSA) is 94.4 Å². The second-order valence-corrected chi connectivity index (χ2v) is 8.44. The molecule has 1 unspecified atom stereocenters. The van der Waals surface area contributed by atoms with E-state index in [1.165, 1.54) is 18.6 Å². The van der Waals surface area contributed by atoms with E-state index in [0.717, 1.165) is 42.6 Å². The molecule has 1 aromatic carbocycles. The number of nitrogens with one attached hydrogen (secondary N) is 1. The molecule has 0 bridgehead atoms. The number of rotatable bonds is 5. The first-order chi connectivity index (χ1) is 15.4. The monoisotopic (exact) mass is 433 g/mol. The number of nitro groups is 1. The first-order valence-electron chi connectivity index (χ1n) is 11.0. The summed E-state index contributed by atoms with van der Waals surface area (Å²) < 4.78 is 5.87. The van der Waals surface area contributed by atoms with Gasteiger partial charge in [-0.25, -0.2) is 4.79 Å². The quantitative estimate of drug-likeness (QED) is 0.386. The SMILES string of the molecule is CC1=CC(c2ccc(-c3cccc([N+](=O)[O-])c3)nc2)C(C(=O)OC2CCCCC2)=C(C)N1. The minimum atomic E-state index is -0.418. The minimum Gasteiger partial charge on any atom is -0.459 e. The second kappa shape index (κ2) is 9.34. The Bertz CT molecular complexity index is 1080. The molecular weight excluding hydrogens is 406 g/mol. The molecule has 1 N–H and O–H groups in total. The van der Waals surface area contributed by atoms with Gasteiger partial charge in [0.1, 0.15) is 6.10 Å². The van der Waals surface area contributed by atoms with Gasteiger partial charge in [-0.1, -0.05) is 30.7 Å². The Hall–Kier alpha value is -3.48. The fourth-order valence-corrected chi connectivity index (χ4v) is 4.45. The molecule has 0 saturated heterocycles. The summed E-state index contributed by atoms with van der Waals surface area (Å²) >= 11 is 0. The predicted octanol–water partition coefficient (Wildman–Crippen LogP) is 5.40. The van der Waals surface area contributed by atoms with Crippen molar-refractivity contribution < 1.29 is 14.5 Å². The Morgan fingerprint density at radius 1 is 1.16 bits per heavy atom. The highest BCUT2D eigenvalue weighted by atomic mass is 16.6. The zero-order valence-electron chi connectivity index (χ0n) is 18.3. The molecule has 2 aliphatic rings. The van der Waals surface area contributed by atoms with Gasteiger partial charge in [-0.2, -0.15) is 0 Å². The second-order valence-electron chi connectivity index (χ2n) is 8.44. The summed E-state index contributed by atoms with van der Waals surface area (Å²) in [5.74, 6) is -0.544. The van der Waals surface area contributed by atoms with Crippen LogP contribution in [-0.2, 0) is 9.53 Å². The van der Waals surface area contributed by atoms with Crippen molar-refractivity contribution in [2.75, 3.05) is 0 Å². The highest BCUT2D eigenvalue weighted by molar-refractivity contribution is 5.92. The van der Waals surface area contributed by atoms with Crippen LogP contribution in [0.15, 0.2) is 65.6 Å². The molecule has 7 heteroatoms. The number of non-ortho nitro benzene ring substituents is 1. The van der Waals surface area contributed by atoms with Crippen molar-refractivity contribution >= 4 is 11.7 Å². The minimum absolute atomic E-state index is 0.0152. The molecule has 0 radical (unpaired) electrons. The summed E-state index contributed by atoms with van der Waals surface area (Å²) in [7, 11) is 0. The Balaban J connectivity index is 1.60. The van der Waals surface area contributed by atoms with Gasteiger partial charge in [0, 0.05) is 41.2 Å². The number of hydrogen-bond donors (Lipinski definition) is 1. The Morgan fingerprint density at radius 3 is 2.62 bits per heavy atom. The van der Waals surface area contributed by atoms with Crippen LogP contribution in [-0.4, -0.2) is 22.0 Å². The van der Waals surface area contributed by atoms with Gasteiger partial charge in [0.15, 0.2) is 0 Å². The number of allylic oxidation sites excluding steroid dienone is 3. The number of dihydropyridines is 1. The molecule has 7 nitrogen and oxygen atoms in total. The van der Waals surface area contributed by atoms with Gasteiger partial charge in [-0.15, -0.1) is 0 Å². The van der Waals surface area contributed by atoms with Gasteiger partial charge in [-0.05, 0) is 51.2 Å². The molecule has 0 spiro atoms. The van der Waals surface area contributed by atoms with E-state index in [4.69, 9.17) is 4.74 Å². The first kappa shape index (κ1) is 21.7. The van der Waals surface area contributed by atoms with E-state index in [1.54, 1.807) is 18.3 Å². The fourth-order valence-electron chi connectivity index (χ4n) is 4.45. The van der Waals surface area contributed by atoms with E-state index in [1.807, 2.05) is 32.1 Å². The number of pyridine rings is 1. The summed E-state index contributed by atoms with van der Waals surface area (Å²) in [5.41, 5.74) is 4.56. The summed E-state index contributed by atoms with van der Waals surface area (Å²) in [5, 5.41) is 14.3. The molecule has 2 aromatic rings. The van der Waals surface area contributed by atoms with Crippen molar-refractivity contribution in [3.63, 3.8) is 0 Å². The van der Waals surface area contributed by atoms with Gasteiger partial charge < -0.3 is 10.1 Å². The normalized spacial score (nSPS) is 19.2. The van der Waals surface area contributed by atoms with Crippen LogP contribution in [0.2, 0.25) is 0 Å². The summed E-state index contributed by atoms with van der Waals surface area (Å²) in [6, 6.07) is 10.2. The molecule has 2 heterocycles. The molecule has 1 aliphatic heterocycles. The maximum absolute atomic E-state index is 13.1. The lowest BCUT2D eigenvalue weighted by Gasteiger charge is -2.28. The van der Waals surface area contributed by atoms with E-state index in [0.29, 0.717) is 16.8 Å². The van der Waals surface area contributed by atoms with Crippen molar-refractivity contribution in [2.24, 2.45) is 0 Å². The van der Waals surface area contributed by atoms with Crippen LogP contribution in [0.25, 0.3) is 11.3 Å². The van der Waals surface area contributed by atoms with Crippen LogP contribution < -0.4 is 5.32 Å². The first-order valence-corrected chi connectivity index (χ1v) is 11.0. The van der Waals surface area contributed by atoms with Gasteiger partial charge in [0.05, 0.1) is 16.2 Å². The van der Waals surface area contributed by atoms with Crippen LogP contribution in [0.1, 0.15) is 57.4 Å². The van der Waals surface area contributed by atoms with Crippen LogP contribution in [0, 0.1) is 10.1 Å². The van der Waals surface area contributed by atoms with Crippen molar-refractivity contribution in [1.29, 1.82) is 0 Å². The van der Waals surface area contributed by atoms with Crippen LogP contribution >= 0.6 is 0 Å². The standard InChI is InChI=1S/C25H27N3O4/c1-16-13-22(24(17(2)27-16)25(29)32-21-9-4-3-5-10-21)19-11-12-23(26-15-19)18-7-6-8-20(14-18)28(30)31/h6-8,11-15,21-22,27H,3-5,9-10H2,1-2H3. The molecular formula is C25H27N3O4. The Labute approximate surface area is 187 Å². The van der Waals surface area contributed by atoms with Crippen molar-refractivity contribution in [1.82, 2.24) is 10.3 Å². The fraction of sp³-hybridized carbons (Fsp3) is 0.360. The largest absolute Gasteiger partial charge is 0.459 e. The van der Waals surface area contributed by atoms with E-state index in [9.17, 15) is 14.9 Å². The smallest absolute Gasteiger partial charge is 0.336 e. The number of nitro benzene ring substituents is 1. The Kier molecular flexibility index (Phi) is 6.35. The molecule has 32 heavy (non-hydrogen) atoms. The third kappa shape index (κ3) is 4.72. The molecule has 1 aromatic heterocycles. The van der Waals surface area contributed by atoms with E-state index in [-0.39, 0.29) is 23.7 Å². The third-order valence-electron chi connectivity index (χ3n) is 6.06. The molecule has 4 rings (SSSR count). The number of ether oxygens (including phenoxy) is 1. The molecule has 1 atom stereocenters. The zero-order chi connectivity index (χ0) is 22.7. The van der Waals surface area contributed by atoms with Crippen molar-refractivity contribution in [3.05, 3.63) is 81.3 Å². The number of aromatic nitrogens is 1. The van der Waals surface area contributed by atoms with Crippen molar-refractivity contribution in [2.45, 2.75) is 58.0 Å². The van der Waals surface area contributed by atoms with Gasteiger partial charge in [-0.3, -0.25) is 15.1 Å². The molecule has 1 fully saturated rings. The third-order valence-corrected chi connectivity index (χ3v) is 6.06. The number of hydrogen-bond acceptors (Lipinski definition) is 6. The maximum atomic E-state index is 13.1.